The average molecular weight is 155 g/mol. The smallest absolute Gasteiger partial charge is 0.283 e. The number of hydrogen-bond acceptors (Lipinski definition) is 2. The molecule has 0 radical (unpaired) electrons. The molecule has 11 heavy (non-hydrogen) atoms. The van der Waals surface area contributed by atoms with Crippen molar-refractivity contribution >= 4 is 0 Å². The van der Waals surface area contributed by atoms with Crippen LogP contribution >= 0.6 is 0 Å². The molecule has 0 saturated carbocycles. The van der Waals surface area contributed by atoms with Crippen LogP contribution in [0.15, 0.2) is 23.0 Å². The van der Waals surface area contributed by atoms with Gasteiger partial charge in [-0.1, -0.05) is 19.9 Å². The third-order valence-corrected chi connectivity index (χ3v) is 1.12. The van der Waals surface area contributed by atoms with Gasteiger partial charge >= 0.3 is 0 Å². The van der Waals surface area contributed by atoms with Crippen molar-refractivity contribution in [2.75, 3.05) is 0 Å². The molecule has 0 unspecified atom stereocenters. The maximum atomic E-state index is 10.6. The average Bonchev–Trinajstić information content (AvgIpc) is 2.04. The zero-order valence-corrected chi connectivity index (χ0v) is 7.03. The lowest BCUT2D eigenvalue weighted by Gasteiger charge is -1.96. The summed E-state index contributed by atoms with van der Waals surface area (Å²) >= 11 is 0. The quantitative estimate of drug-likeness (QED) is 0.576. The molecule has 1 heterocycles. The molecule has 0 saturated heterocycles. The maximum absolute atomic E-state index is 10.6. The van der Waals surface area contributed by atoms with Gasteiger partial charge in [0.25, 0.3) is 5.56 Å². The van der Waals surface area contributed by atoms with Gasteiger partial charge in [-0.3, -0.25) is 4.79 Å². The molecule has 0 bridgehead atoms. The maximum Gasteiger partial charge on any atom is 0.283 e. The summed E-state index contributed by atoms with van der Waals surface area (Å²) in [5, 5.41) is 8.81. The molecule has 0 aliphatic carbocycles. The summed E-state index contributed by atoms with van der Waals surface area (Å²) in [5.74, 6) is 0. The van der Waals surface area contributed by atoms with Gasteiger partial charge in [-0.05, 0) is 13.0 Å². The summed E-state index contributed by atoms with van der Waals surface area (Å²) in [6.45, 7) is 5.65. The van der Waals surface area contributed by atoms with E-state index in [4.69, 9.17) is 5.21 Å². The van der Waals surface area contributed by atoms with E-state index in [0.29, 0.717) is 10.4 Å². The molecule has 0 aliphatic heterocycles. The molecule has 0 aromatic carbocycles. The summed E-state index contributed by atoms with van der Waals surface area (Å²) in [6.07, 6.45) is 0. The number of aryl methyl sites for hydroxylation is 1. The third-order valence-electron chi connectivity index (χ3n) is 1.12. The lowest BCUT2D eigenvalue weighted by molar-refractivity contribution is 0.168. The van der Waals surface area contributed by atoms with Gasteiger partial charge in [0.2, 0.25) is 0 Å². The molecule has 62 valence electrons. The second-order valence-corrected chi connectivity index (χ2v) is 1.82. The molecule has 3 nitrogen and oxygen atoms in total. The molecule has 0 spiro atoms. The van der Waals surface area contributed by atoms with E-state index < -0.39 is 5.56 Å². The number of rotatable bonds is 0. The second-order valence-electron chi connectivity index (χ2n) is 1.82. The fourth-order valence-corrected chi connectivity index (χ4v) is 0.585. The van der Waals surface area contributed by atoms with Crippen LogP contribution in [0.2, 0.25) is 0 Å². The van der Waals surface area contributed by atoms with Crippen molar-refractivity contribution in [3.8, 4) is 0 Å². The van der Waals surface area contributed by atoms with Gasteiger partial charge < -0.3 is 5.21 Å². The number of nitrogens with zero attached hydrogens (tertiary/aromatic N) is 1. The molecule has 1 aromatic rings. The normalized spacial score (nSPS) is 8.27. The fraction of sp³-hybridized carbons (Fsp3) is 0.375. The van der Waals surface area contributed by atoms with Gasteiger partial charge in [0.05, 0.1) is 5.69 Å². The van der Waals surface area contributed by atoms with E-state index in [0.717, 1.165) is 0 Å². The summed E-state index contributed by atoms with van der Waals surface area (Å²) in [4.78, 5) is 10.6. The lowest BCUT2D eigenvalue weighted by atomic mass is 10.4. The minimum absolute atomic E-state index is 0.394. The first-order valence-corrected chi connectivity index (χ1v) is 3.60. The first kappa shape index (κ1) is 9.75. The number of pyridine rings is 1. The highest BCUT2D eigenvalue weighted by Crippen LogP contribution is 1.86. The van der Waals surface area contributed by atoms with E-state index in [1.165, 1.54) is 6.07 Å². The summed E-state index contributed by atoms with van der Waals surface area (Å²) in [7, 11) is 0. The second kappa shape index (κ2) is 4.55. The first-order valence-electron chi connectivity index (χ1n) is 3.60. The SMILES string of the molecule is CC.Cc1cccc(=O)n1O. The Balaban J connectivity index is 0.000000461. The summed E-state index contributed by atoms with van der Waals surface area (Å²) in [5.41, 5.74) is 0.150. The zero-order chi connectivity index (χ0) is 8.85. The van der Waals surface area contributed by atoms with E-state index in [9.17, 15) is 4.79 Å². The molecule has 1 rings (SSSR count). The largest absolute Gasteiger partial charge is 0.425 e. The Hall–Kier alpha value is -1.25. The van der Waals surface area contributed by atoms with Crippen LogP contribution in [0, 0.1) is 6.92 Å². The van der Waals surface area contributed by atoms with Crippen molar-refractivity contribution in [3.05, 3.63) is 34.2 Å². The Bertz CT molecular complexity index is 265. The van der Waals surface area contributed by atoms with E-state index in [2.05, 4.69) is 0 Å². The minimum atomic E-state index is -0.394. The zero-order valence-electron chi connectivity index (χ0n) is 7.03. The van der Waals surface area contributed by atoms with E-state index >= 15 is 0 Å². The highest BCUT2D eigenvalue weighted by atomic mass is 16.5. The van der Waals surface area contributed by atoms with Crippen LogP contribution in [-0.2, 0) is 0 Å². The van der Waals surface area contributed by atoms with Gasteiger partial charge in [-0.25, -0.2) is 0 Å². The Kier molecular flexibility index (Phi) is 4.03. The van der Waals surface area contributed by atoms with E-state index in [1.807, 2.05) is 13.8 Å². The molecule has 1 N–H and O–H groups in total. The van der Waals surface area contributed by atoms with Crippen LogP contribution in [0.5, 0.6) is 0 Å². The van der Waals surface area contributed by atoms with Crippen LogP contribution < -0.4 is 5.56 Å². The Labute approximate surface area is 65.9 Å². The Morgan fingerprint density at radius 3 is 2.27 bits per heavy atom. The molecule has 0 fully saturated rings. The van der Waals surface area contributed by atoms with Crippen LogP contribution in [-0.4, -0.2) is 9.94 Å². The van der Waals surface area contributed by atoms with Crippen LogP contribution in [0.4, 0.5) is 0 Å². The molecular weight excluding hydrogens is 142 g/mol. The molecule has 0 amide bonds. The predicted octanol–water partition coefficient (Wildman–Crippen LogP) is 1.42. The van der Waals surface area contributed by atoms with Crippen molar-refractivity contribution in [1.29, 1.82) is 0 Å². The highest BCUT2D eigenvalue weighted by molar-refractivity contribution is 5.02. The third kappa shape index (κ3) is 2.45. The lowest BCUT2D eigenvalue weighted by Crippen LogP contribution is -2.17. The topological polar surface area (TPSA) is 42.2 Å². The van der Waals surface area contributed by atoms with Gasteiger partial charge in [-0.2, -0.15) is 4.73 Å². The molecule has 0 aliphatic rings. The van der Waals surface area contributed by atoms with E-state index in [1.54, 1.807) is 19.1 Å². The van der Waals surface area contributed by atoms with E-state index in [-0.39, 0.29) is 0 Å². The molecular formula is C8H13NO2. The first-order chi connectivity index (χ1) is 5.22. The standard InChI is InChI=1S/C6H7NO2.C2H6/c1-5-3-2-4-6(8)7(5)9;1-2/h2-4,9H,1H3;1-2H3. The molecule has 1 aromatic heterocycles. The van der Waals surface area contributed by atoms with Gasteiger partial charge in [0.15, 0.2) is 0 Å². The summed E-state index contributed by atoms with van der Waals surface area (Å²) < 4.78 is 0.611. The van der Waals surface area contributed by atoms with Crippen molar-refractivity contribution in [1.82, 2.24) is 4.73 Å². The number of hydrogen-bond donors (Lipinski definition) is 1. The Morgan fingerprint density at radius 1 is 1.36 bits per heavy atom. The predicted molar refractivity (Wildman–Crippen MR) is 44.0 cm³/mol. The minimum Gasteiger partial charge on any atom is -0.425 e. The van der Waals surface area contributed by atoms with Crippen LogP contribution in [0.3, 0.4) is 0 Å². The van der Waals surface area contributed by atoms with Crippen molar-refractivity contribution < 1.29 is 5.21 Å². The molecule has 3 heteroatoms. The van der Waals surface area contributed by atoms with Gasteiger partial charge in [0.1, 0.15) is 0 Å². The Morgan fingerprint density at radius 2 is 1.91 bits per heavy atom. The van der Waals surface area contributed by atoms with Crippen LogP contribution in [0.25, 0.3) is 0 Å². The molecule has 0 atom stereocenters. The highest BCUT2D eigenvalue weighted by Gasteiger charge is 1.91. The van der Waals surface area contributed by atoms with Gasteiger partial charge in [0, 0.05) is 6.07 Å². The number of aromatic nitrogens is 1. The van der Waals surface area contributed by atoms with Crippen molar-refractivity contribution in [2.24, 2.45) is 0 Å². The van der Waals surface area contributed by atoms with Crippen LogP contribution in [0.1, 0.15) is 19.5 Å². The van der Waals surface area contributed by atoms with Crippen molar-refractivity contribution in [2.45, 2.75) is 20.8 Å². The van der Waals surface area contributed by atoms with Gasteiger partial charge in [-0.15, -0.1) is 0 Å². The van der Waals surface area contributed by atoms with Crippen molar-refractivity contribution in [3.63, 3.8) is 0 Å². The monoisotopic (exact) mass is 155 g/mol. The fourth-order valence-electron chi connectivity index (χ4n) is 0.585. The summed E-state index contributed by atoms with van der Waals surface area (Å²) in [6, 6.07) is 4.55.